The molecule has 7 heteroatoms. The van der Waals surface area contributed by atoms with Crippen molar-refractivity contribution in [2.24, 2.45) is 5.73 Å². The summed E-state index contributed by atoms with van der Waals surface area (Å²) in [5.41, 5.74) is -2.53. The zero-order chi connectivity index (χ0) is 25.7. The molecule has 0 saturated carbocycles. The lowest BCUT2D eigenvalue weighted by Crippen LogP contribution is -2.81. The molecule has 2 atom stereocenters. The van der Waals surface area contributed by atoms with Crippen LogP contribution >= 0.6 is 0 Å². The van der Waals surface area contributed by atoms with Gasteiger partial charge in [-0.1, -0.05) is 77.2 Å². The number of hydrogen-bond acceptors (Lipinski definition) is 7. The smallest absolute Gasteiger partial charge is 0.209 e. The monoisotopic (exact) mass is 467 g/mol. The van der Waals surface area contributed by atoms with Crippen molar-refractivity contribution in [3.05, 3.63) is 12.2 Å². The topological polar surface area (TPSA) is 135 Å². The van der Waals surface area contributed by atoms with Gasteiger partial charge in [0.1, 0.15) is 0 Å². The standard InChI is InChI=1S/C26H45NO6/c1-6-7-8-9-10-11-12-13-14-15-16-17-18-19-24(32,20(2)28)26(27,23(5)31)25(33,21(3)29)22(4)30/h18-19,32-33H,6-17,27H2,1-5H3/b19-18+/t24-,26-/m0/s1. The number of carbonyl (C=O) groups is 4. The third-order valence-electron chi connectivity index (χ3n) is 6.62. The first-order valence-corrected chi connectivity index (χ1v) is 12.3. The Bertz CT molecular complexity index is 687. The summed E-state index contributed by atoms with van der Waals surface area (Å²) in [5.74, 6) is -4.24. The van der Waals surface area contributed by atoms with Gasteiger partial charge in [-0.25, -0.2) is 0 Å². The fraction of sp³-hybridized carbons (Fsp3) is 0.769. The maximum absolute atomic E-state index is 12.5. The quantitative estimate of drug-likeness (QED) is 0.149. The lowest BCUT2D eigenvalue weighted by atomic mass is 9.62. The predicted octanol–water partition coefficient (Wildman–Crippen LogP) is 3.76. The van der Waals surface area contributed by atoms with Gasteiger partial charge in [-0.05, 0) is 46.6 Å². The number of hydrogen-bond donors (Lipinski definition) is 3. The minimum atomic E-state index is -3.04. The molecule has 0 fully saturated rings. The first-order chi connectivity index (χ1) is 15.3. The Hall–Kier alpha value is -1.70. The minimum Gasteiger partial charge on any atom is -0.375 e. The van der Waals surface area contributed by atoms with Crippen LogP contribution < -0.4 is 5.73 Å². The second-order valence-electron chi connectivity index (χ2n) is 9.24. The first-order valence-electron chi connectivity index (χ1n) is 12.3. The molecule has 190 valence electrons. The number of aliphatic hydroxyl groups is 2. The molecule has 0 unspecified atom stereocenters. The molecular formula is C26H45NO6. The van der Waals surface area contributed by atoms with Crippen LogP contribution in [0.2, 0.25) is 0 Å². The molecule has 0 heterocycles. The van der Waals surface area contributed by atoms with Gasteiger partial charge in [-0.3, -0.25) is 19.2 Å². The number of rotatable bonds is 19. The van der Waals surface area contributed by atoms with E-state index in [2.05, 4.69) is 6.92 Å². The highest BCUT2D eigenvalue weighted by atomic mass is 16.3. The van der Waals surface area contributed by atoms with Gasteiger partial charge < -0.3 is 15.9 Å². The molecule has 0 bridgehead atoms. The van der Waals surface area contributed by atoms with E-state index < -0.39 is 39.9 Å². The molecule has 0 amide bonds. The van der Waals surface area contributed by atoms with E-state index in [-0.39, 0.29) is 0 Å². The summed E-state index contributed by atoms with van der Waals surface area (Å²) < 4.78 is 0. The fourth-order valence-corrected chi connectivity index (χ4v) is 4.31. The van der Waals surface area contributed by atoms with Crippen molar-refractivity contribution in [1.29, 1.82) is 0 Å². The highest BCUT2D eigenvalue weighted by molar-refractivity contribution is 6.17. The Morgan fingerprint density at radius 3 is 1.39 bits per heavy atom. The van der Waals surface area contributed by atoms with E-state index in [1.807, 2.05) is 0 Å². The molecule has 0 aliphatic rings. The molecule has 0 aromatic carbocycles. The predicted molar refractivity (Wildman–Crippen MR) is 130 cm³/mol. The third-order valence-corrected chi connectivity index (χ3v) is 6.62. The van der Waals surface area contributed by atoms with E-state index in [1.54, 1.807) is 0 Å². The summed E-state index contributed by atoms with van der Waals surface area (Å²) >= 11 is 0. The molecule has 0 aromatic rings. The summed E-state index contributed by atoms with van der Waals surface area (Å²) in [7, 11) is 0. The average Bonchev–Trinajstić information content (AvgIpc) is 2.74. The van der Waals surface area contributed by atoms with Crippen molar-refractivity contribution in [2.45, 2.75) is 128 Å². The van der Waals surface area contributed by atoms with E-state index in [0.717, 1.165) is 59.5 Å². The zero-order valence-electron chi connectivity index (χ0n) is 21.2. The van der Waals surface area contributed by atoms with Gasteiger partial charge in [0.05, 0.1) is 0 Å². The van der Waals surface area contributed by atoms with Gasteiger partial charge in [0.15, 0.2) is 34.3 Å². The average molecular weight is 468 g/mol. The number of carbonyl (C=O) groups excluding carboxylic acids is 4. The second-order valence-corrected chi connectivity index (χ2v) is 9.24. The highest BCUT2D eigenvalue weighted by Gasteiger charge is 2.69. The van der Waals surface area contributed by atoms with Crippen LogP contribution in [0.25, 0.3) is 0 Å². The van der Waals surface area contributed by atoms with Crippen LogP contribution in [0.5, 0.6) is 0 Å². The van der Waals surface area contributed by atoms with E-state index in [4.69, 9.17) is 5.73 Å². The maximum atomic E-state index is 12.5. The van der Waals surface area contributed by atoms with E-state index in [1.165, 1.54) is 51.0 Å². The van der Waals surface area contributed by atoms with Crippen LogP contribution in [0.3, 0.4) is 0 Å². The van der Waals surface area contributed by atoms with E-state index in [9.17, 15) is 29.4 Å². The minimum absolute atomic E-state index is 0.513. The molecule has 0 spiro atoms. The van der Waals surface area contributed by atoms with Crippen molar-refractivity contribution >= 4 is 23.1 Å². The van der Waals surface area contributed by atoms with Gasteiger partial charge in [-0.2, -0.15) is 0 Å². The van der Waals surface area contributed by atoms with Crippen LogP contribution in [0.1, 0.15) is 112 Å². The van der Waals surface area contributed by atoms with Crippen LogP contribution in [-0.2, 0) is 19.2 Å². The first kappa shape index (κ1) is 31.3. The van der Waals surface area contributed by atoms with Gasteiger partial charge in [0, 0.05) is 0 Å². The third kappa shape index (κ3) is 7.66. The summed E-state index contributed by atoms with van der Waals surface area (Å²) in [4.78, 5) is 49.2. The second kappa shape index (κ2) is 14.5. The normalized spacial score (nSPS) is 15.8. The van der Waals surface area contributed by atoms with Gasteiger partial charge >= 0.3 is 0 Å². The van der Waals surface area contributed by atoms with Crippen molar-refractivity contribution in [3.8, 4) is 0 Å². The van der Waals surface area contributed by atoms with E-state index >= 15 is 0 Å². The Balaban J connectivity index is 5.03. The van der Waals surface area contributed by atoms with Crippen molar-refractivity contribution < 1.29 is 29.4 Å². The summed E-state index contributed by atoms with van der Waals surface area (Å²) in [6, 6.07) is 0. The molecule has 0 aliphatic carbocycles. The Kier molecular flexibility index (Phi) is 13.8. The fourth-order valence-electron chi connectivity index (χ4n) is 4.31. The summed E-state index contributed by atoms with van der Waals surface area (Å²) in [6.07, 6.45) is 16.1. The lowest BCUT2D eigenvalue weighted by Gasteiger charge is -2.47. The number of Topliss-reactive ketones (excluding diaryl/α,β-unsaturated/α-hetero) is 4. The lowest BCUT2D eigenvalue weighted by molar-refractivity contribution is -0.177. The van der Waals surface area contributed by atoms with Crippen molar-refractivity contribution in [1.82, 2.24) is 0 Å². The molecule has 0 aromatic heterocycles. The number of unbranched alkanes of at least 4 members (excludes halogenated alkanes) is 11. The SMILES string of the molecule is CCCCCCCCCCCCC/C=C/[C@](O)(C(C)=O)[C@@](N)(C(C)=O)C(O)(C(C)=O)C(C)=O. The number of nitrogens with two attached hydrogens (primary N) is 1. The Morgan fingerprint density at radius 2 is 1.06 bits per heavy atom. The molecule has 0 aliphatic heterocycles. The molecular weight excluding hydrogens is 422 g/mol. The molecule has 0 saturated heterocycles. The number of ketones is 4. The summed E-state index contributed by atoms with van der Waals surface area (Å²) in [5, 5.41) is 22.0. The highest BCUT2D eigenvalue weighted by Crippen LogP contribution is 2.36. The summed E-state index contributed by atoms with van der Waals surface area (Å²) in [6.45, 7) is 5.92. The van der Waals surface area contributed by atoms with Crippen LogP contribution in [0.4, 0.5) is 0 Å². The Morgan fingerprint density at radius 1 is 0.667 bits per heavy atom. The molecule has 0 radical (unpaired) electrons. The molecule has 0 rings (SSSR count). The Labute approximate surface area is 199 Å². The van der Waals surface area contributed by atoms with Gasteiger partial charge in [-0.15, -0.1) is 0 Å². The zero-order valence-corrected chi connectivity index (χ0v) is 21.2. The van der Waals surface area contributed by atoms with Crippen molar-refractivity contribution in [2.75, 3.05) is 0 Å². The van der Waals surface area contributed by atoms with Crippen molar-refractivity contribution in [3.63, 3.8) is 0 Å². The van der Waals surface area contributed by atoms with Crippen LogP contribution in [0, 0.1) is 0 Å². The van der Waals surface area contributed by atoms with Gasteiger partial charge in [0.25, 0.3) is 0 Å². The van der Waals surface area contributed by atoms with Crippen LogP contribution in [-0.4, -0.2) is 50.1 Å². The van der Waals surface area contributed by atoms with Gasteiger partial charge in [0.2, 0.25) is 5.60 Å². The molecule has 7 nitrogen and oxygen atoms in total. The van der Waals surface area contributed by atoms with Crippen LogP contribution in [0.15, 0.2) is 12.2 Å². The molecule has 33 heavy (non-hydrogen) atoms. The number of allylic oxidation sites excluding steroid dienone is 1. The maximum Gasteiger partial charge on any atom is 0.209 e. The largest absolute Gasteiger partial charge is 0.375 e. The van der Waals surface area contributed by atoms with E-state index in [0.29, 0.717) is 6.42 Å². The molecule has 4 N–H and O–H groups in total.